The summed E-state index contributed by atoms with van der Waals surface area (Å²) in [5.41, 5.74) is 4.52. The highest BCUT2D eigenvalue weighted by Crippen LogP contribution is 2.52. The molecule has 3 atom stereocenters. The van der Waals surface area contributed by atoms with Gasteiger partial charge in [0.05, 0.1) is 13.2 Å². The number of ether oxygens (including phenoxy) is 3. The summed E-state index contributed by atoms with van der Waals surface area (Å²) in [4.78, 5) is 30.2. The molecule has 220 valence electrons. The quantitative estimate of drug-likeness (QED) is 0.329. The van der Waals surface area contributed by atoms with E-state index in [9.17, 15) is 9.59 Å². The van der Waals surface area contributed by atoms with Crippen LogP contribution in [0.25, 0.3) is 0 Å². The van der Waals surface area contributed by atoms with Crippen LogP contribution in [-0.4, -0.2) is 55.9 Å². The van der Waals surface area contributed by atoms with Gasteiger partial charge in [-0.05, 0) is 40.7 Å². The van der Waals surface area contributed by atoms with Crippen LogP contribution in [0.5, 0.6) is 5.75 Å². The zero-order chi connectivity index (χ0) is 29.2. The van der Waals surface area contributed by atoms with Crippen LogP contribution in [0.15, 0.2) is 108 Å². The number of rotatable bonds is 7. The predicted octanol–water partition coefficient (Wildman–Crippen LogP) is 6.31. The second kappa shape index (κ2) is 12.3. The Morgan fingerprint density at radius 3 is 1.72 bits per heavy atom. The highest BCUT2D eigenvalue weighted by atomic mass is 16.5. The fourth-order valence-corrected chi connectivity index (χ4v) is 7.05. The van der Waals surface area contributed by atoms with Gasteiger partial charge in [0.15, 0.2) is 11.6 Å². The average Bonchev–Trinajstić information content (AvgIpc) is 3.05. The topological polar surface area (TPSA) is 65.1 Å². The van der Waals surface area contributed by atoms with E-state index >= 15 is 0 Å². The molecule has 0 radical (unpaired) electrons. The van der Waals surface area contributed by atoms with Crippen LogP contribution in [0.3, 0.4) is 0 Å². The summed E-state index contributed by atoms with van der Waals surface area (Å²) in [6.45, 7) is 4.85. The van der Waals surface area contributed by atoms with Gasteiger partial charge in [0.1, 0.15) is 23.9 Å². The highest BCUT2D eigenvalue weighted by molar-refractivity contribution is 6.06. The lowest BCUT2D eigenvalue weighted by Gasteiger charge is -2.39. The smallest absolute Gasteiger partial charge is 0.163 e. The third kappa shape index (κ3) is 5.82. The largest absolute Gasteiger partial charge is 0.492 e. The lowest BCUT2D eigenvalue weighted by molar-refractivity contribution is -0.118. The molecule has 43 heavy (non-hydrogen) atoms. The number of hydrogen-bond donors (Lipinski definition) is 0. The van der Waals surface area contributed by atoms with Crippen molar-refractivity contribution in [1.82, 2.24) is 4.90 Å². The van der Waals surface area contributed by atoms with Crippen molar-refractivity contribution in [3.8, 4) is 5.75 Å². The van der Waals surface area contributed by atoms with E-state index in [0.717, 1.165) is 66.8 Å². The van der Waals surface area contributed by atoms with Crippen LogP contribution < -0.4 is 4.74 Å². The Balaban J connectivity index is 1.19. The molecule has 2 aliphatic heterocycles. The molecule has 6 nitrogen and oxygen atoms in total. The maximum atomic E-state index is 13.9. The summed E-state index contributed by atoms with van der Waals surface area (Å²) in [6, 6.07) is 28.4. The van der Waals surface area contributed by atoms with Crippen molar-refractivity contribution in [2.45, 2.75) is 43.4 Å². The van der Waals surface area contributed by atoms with E-state index in [-0.39, 0.29) is 23.4 Å². The van der Waals surface area contributed by atoms with Gasteiger partial charge in [-0.2, -0.15) is 0 Å². The predicted molar refractivity (Wildman–Crippen MR) is 164 cm³/mol. The maximum absolute atomic E-state index is 13.9. The molecule has 2 aliphatic carbocycles. The molecule has 1 unspecified atom stereocenters. The normalized spacial score (nSPS) is 24.3. The second-order valence-electron chi connectivity index (χ2n) is 12.0. The summed E-state index contributed by atoms with van der Waals surface area (Å²) in [6.07, 6.45) is 2.11. The van der Waals surface area contributed by atoms with Gasteiger partial charge >= 0.3 is 0 Å². The molecule has 1 fully saturated rings. The number of Topliss-reactive ketones (excluding diaryl/α,β-unsaturated/α-hetero) is 2. The minimum absolute atomic E-state index is 0.0571. The molecule has 1 saturated heterocycles. The Kier molecular flexibility index (Phi) is 7.96. The molecule has 3 aromatic rings. The van der Waals surface area contributed by atoms with Crippen LogP contribution in [-0.2, 0) is 19.1 Å². The van der Waals surface area contributed by atoms with Crippen LogP contribution in [0, 0.1) is 0 Å². The van der Waals surface area contributed by atoms with Crippen LogP contribution in [0.1, 0.15) is 60.1 Å². The number of hydrogen-bond acceptors (Lipinski definition) is 6. The molecule has 0 amide bonds. The van der Waals surface area contributed by atoms with Gasteiger partial charge in [-0.1, -0.05) is 72.8 Å². The van der Waals surface area contributed by atoms with E-state index in [4.69, 9.17) is 14.2 Å². The number of nitrogens with zero attached hydrogens (tertiary/aromatic N) is 1. The first-order chi connectivity index (χ1) is 21.1. The van der Waals surface area contributed by atoms with Crippen LogP contribution in [0.2, 0.25) is 0 Å². The molecule has 7 rings (SSSR count). The SMILES string of the molecule is O=C1C[C@@H](c2ccccc2)CC2=C1C(c1ccc(OCCN3CCOCC3)cc1)C1=C(C[C@@H](c3ccccc3)CC1=O)O2. The third-order valence-electron chi connectivity index (χ3n) is 9.29. The Morgan fingerprint density at radius 1 is 0.651 bits per heavy atom. The van der Waals surface area contributed by atoms with E-state index in [1.807, 2.05) is 60.7 Å². The van der Waals surface area contributed by atoms with Crippen molar-refractivity contribution in [2.24, 2.45) is 0 Å². The first-order valence-electron chi connectivity index (χ1n) is 15.5. The van der Waals surface area contributed by atoms with E-state index in [2.05, 4.69) is 29.2 Å². The highest BCUT2D eigenvalue weighted by Gasteiger charge is 2.45. The lowest BCUT2D eigenvalue weighted by Crippen LogP contribution is -2.38. The third-order valence-corrected chi connectivity index (χ3v) is 9.29. The number of ketones is 2. The first kappa shape index (κ1) is 27.8. The Hall–Kier alpha value is -4.00. The minimum atomic E-state index is -0.422. The fraction of sp³-hybridized carbons (Fsp3) is 0.351. The molecule has 2 heterocycles. The minimum Gasteiger partial charge on any atom is -0.492 e. The summed E-state index contributed by atoms with van der Waals surface area (Å²) in [5.74, 6) is 2.05. The zero-order valence-corrected chi connectivity index (χ0v) is 24.4. The lowest BCUT2D eigenvalue weighted by atomic mass is 9.69. The first-order valence-corrected chi connectivity index (χ1v) is 15.5. The van der Waals surface area contributed by atoms with Gasteiger partial charge in [-0.3, -0.25) is 14.5 Å². The van der Waals surface area contributed by atoms with Crippen molar-refractivity contribution in [3.63, 3.8) is 0 Å². The number of benzene rings is 3. The van der Waals surface area contributed by atoms with Crippen LogP contribution in [0.4, 0.5) is 0 Å². The molecule has 4 aliphatic rings. The fourth-order valence-electron chi connectivity index (χ4n) is 7.05. The summed E-state index contributed by atoms with van der Waals surface area (Å²) in [7, 11) is 0. The van der Waals surface area contributed by atoms with Gasteiger partial charge in [-0.15, -0.1) is 0 Å². The number of carbonyl (C=O) groups is 2. The van der Waals surface area contributed by atoms with Crippen molar-refractivity contribution in [2.75, 3.05) is 39.5 Å². The Bertz CT molecular complexity index is 1450. The monoisotopic (exact) mass is 575 g/mol. The van der Waals surface area contributed by atoms with Crippen molar-refractivity contribution < 1.29 is 23.8 Å². The molecule has 0 bridgehead atoms. The van der Waals surface area contributed by atoms with E-state index in [1.54, 1.807) is 0 Å². The zero-order valence-electron chi connectivity index (χ0n) is 24.4. The molecular weight excluding hydrogens is 538 g/mol. The Morgan fingerprint density at radius 2 is 1.19 bits per heavy atom. The number of morpholine rings is 1. The molecule has 0 spiro atoms. The molecule has 6 heteroatoms. The van der Waals surface area contributed by atoms with Crippen molar-refractivity contribution in [3.05, 3.63) is 124 Å². The molecule has 0 saturated carbocycles. The van der Waals surface area contributed by atoms with Crippen LogP contribution >= 0.6 is 0 Å². The van der Waals surface area contributed by atoms with Crippen molar-refractivity contribution >= 4 is 11.6 Å². The standard InChI is InChI=1S/C37H37NO5/c39-31-21-28(25-7-3-1-4-8-25)23-33-36(31)35(27-11-13-30(14-12-27)42-20-17-38-15-18-41-19-16-38)37-32(40)22-29(24-34(37)43-33)26-9-5-2-6-10-26/h1-14,28-29,35H,15-24H2/t28-,29+,35?. The maximum Gasteiger partial charge on any atom is 0.163 e. The summed E-state index contributed by atoms with van der Waals surface area (Å²) >= 11 is 0. The van der Waals surface area contributed by atoms with Gasteiger partial charge < -0.3 is 14.2 Å². The van der Waals surface area contributed by atoms with E-state index in [1.165, 1.54) is 0 Å². The summed E-state index contributed by atoms with van der Waals surface area (Å²) in [5, 5.41) is 0. The van der Waals surface area contributed by atoms with Gasteiger partial charge in [0.2, 0.25) is 0 Å². The average molecular weight is 576 g/mol. The molecular formula is C37H37NO5. The molecule has 0 N–H and O–H groups in total. The summed E-state index contributed by atoms with van der Waals surface area (Å²) < 4.78 is 18.1. The van der Waals surface area contributed by atoms with E-state index < -0.39 is 5.92 Å². The van der Waals surface area contributed by atoms with Gasteiger partial charge in [-0.25, -0.2) is 0 Å². The number of allylic oxidation sites excluding steroid dienone is 4. The van der Waals surface area contributed by atoms with Crippen molar-refractivity contribution in [1.29, 1.82) is 0 Å². The second-order valence-corrected chi connectivity index (χ2v) is 12.0. The Labute approximate surface area is 253 Å². The van der Waals surface area contributed by atoms with Gasteiger partial charge in [0, 0.05) is 62.4 Å². The number of carbonyl (C=O) groups excluding carboxylic acids is 2. The van der Waals surface area contributed by atoms with E-state index in [0.29, 0.717) is 43.4 Å². The molecule has 3 aromatic carbocycles. The molecule has 0 aromatic heterocycles. The van der Waals surface area contributed by atoms with Gasteiger partial charge in [0.25, 0.3) is 0 Å².